The molecule has 1 aromatic carbocycles. The lowest BCUT2D eigenvalue weighted by Crippen LogP contribution is -2.21. The molecule has 2 nitrogen and oxygen atoms in total. The third-order valence-corrected chi connectivity index (χ3v) is 3.71. The molecule has 94 valence electrons. The number of methoxy groups -OCH3 is 1. The van der Waals surface area contributed by atoms with E-state index in [0.717, 1.165) is 21.8 Å². The monoisotopic (exact) mass is 297 g/mol. The smallest absolute Gasteiger partial charge is 0.122 e. The molecule has 0 aromatic heterocycles. The van der Waals surface area contributed by atoms with Crippen LogP contribution in [0.15, 0.2) is 22.7 Å². The van der Waals surface area contributed by atoms with Crippen LogP contribution in [0.4, 0.5) is 5.69 Å². The van der Waals surface area contributed by atoms with Crippen LogP contribution in [-0.2, 0) is 0 Å². The van der Waals surface area contributed by atoms with Gasteiger partial charge in [0.05, 0.1) is 7.11 Å². The predicted octanol–water partition coefficient (Wildman–Crippen LogP) is 4.45. The van der Waals surface area contributed by atoms with Gasteiger partial charge in [-0.05, 0) is 37.3 Å². The Balaban J connectivity index is 2.07. The van der Waals surface area contributed by atoms with Crippen molar-refractivity contribution in [3.63, 3.8) is 0 Å². The van der Waals surface area contributed by atoms with E-state index in [-0.39, 0.29) is 0 Å². The summed E-state index contributed by atoms with van der Waals surface area (Å²) in [5, 5.41) is 3.65. The molecule has 1 atom stereocenters. The summed E-state index contributed by atoms with van der Waals surface area (Å²) in [6.07, 6.45) is 5.24. The predicted molar refractivity (Wildman–Crippen MR) is 75.7 cm³/mol. The second-order valence-corrected chi connectivity index (χ2v) is 5.67. The van der Waals surface area contributed by atoms with Crippen molar-refractivity contribution in [1.82, 2.24) is 0 Å². The number of benzene rings is 1. The summed E-state index contributed by atoms with van der Waals surface area (Å²) in [6, 6.07) is 6.79. The summed E-state index contributed by atoms with van der Waals surface area (Å²) in [7, 11) is 1.70. The Hall–Kier alpha value is -0.700. The van der Waals surface area contributed by atoms with Crippen LogP contribution in [-0.4, -0.2) is 13.2 Å². The summed E-state index contributed by atoms with van der Waals surface area (Å²) >= 11 is 3.52. The number of hydrogen-bond donors (Lipinski definition) is 1. The standard InChI is InChI=1S/C14H20BrNO/c1-3-4-14(10-5-6-10)16-12-7-11(15)8-13(9-12)17-2/h7-10,14,16H,3-6H2,1-2H3. The number of hydrogen-bond acceptors (Lipinski definition) is 2. The Morgan fingerprint density at radius 1 is 1.41 bits per heavy atom. The summed E-state index contributed by atoms with van der Waals surface area (Å²) in [5.74, 6) is 1.77. The first-order valence-electron chi connectivity index (χ1n) is 6.34. The molecule has 1 N–H and O–H groups in total. The highest BCUT2D eigenvalue weighted by Gasteiger charge is 2.30. The Kier molecular flexibility index (Phi) is 4.32. The van der Waals surface area contributed by atoms with E-state index in [4.69, 9.17) is 4.74 Å². The lowest BCUT2D eigenvalue weighted by atomic mass is 10.1. The minimum atomic E-state index is 0.624. The van der Waals surface area contributed by atoms with Crippen molar-refractivity contribution < 1.29 is 4.74 Å². The maximum absolute atomic E-state index is 5.28. The Morgan fingerprint density at radius 2 is 2.18 bits per heavy atom. The lowest BCUT2D eigenvalue weighted by Gasteiger charge is -2.19. The van der Waals surface area contributed by atoms with Crippen LogP contribution in [0, 0.1) is 5.92 Å². The fraction of sp³-hybridized carbons (Fsp3) is 0.571. The molecular weight excluding hydrogens is 278 g/mol. The van der Waals surface area contributed by atoms with Gasteiger partial charge in [-0.15, -0.1) is 0 Å². The van der Waals surface area contributed by atoms with Gasteiger partial charge >= 0.3 is 0 Å². The zero-order chi connectivity index (χ0) is 12.3. The van der Waals surface area contributed by atoms with Gasteiger partial charge in [-0.3, -0.25) is 0 Å². The van der Waals surface area contributed by atoms with Crippen LogP contribution in [0.2, 0.25) is 0 Å². The van der Waals surface area contributed by atoms with E-state index in [9.17, 15) is 0 Å². The Bertz CT molecular complexity index is 376. The molecule has 0 aliphatic heterocycles. The molecule has 2 rings (SSSR count). The maximum Gasteiger partial charge on any atom is 0.122 e. The Labute approximate surface area is 112 Å². The third-order valence-electron chi connectivity index (χ3n) is 3.25. The first-order chi connectivity index (χ1) is 8.22. The molecule has 0 saturated heterocycles. The van der Waals surface area contributed by atoms with Gasteiger partial charge in [0, 0.05) is 22.3 Å². The van der Waals surface area contributed by atoms with Crippen LogP contribution < -0.4 is 10.1 Å². The zero-order valence-corrected chi connectivity index (χ0v) is 12.1. The van der Waals surface area contributed by atoms with Crippen molar-refractivity contribution in [2.45, 2.75) is 38.6 Å². The number of ether oxygens (including phenoxy) is 1. The molecule has 1 unspecified atom stereocenters. The summed E-state index contributed by atoms with van der Waals surface area (Å²) in [6.45, 7) is 2.25. The second kappa shape index (κ2) is 5.76. The third kappa shape index (κ3) is 3.63. The van der Waals surface area contributed by atoms with Crippen molar-refractivity contribution in [2.75, 3.05) is 12.4 Å². The van der Waals surface area contributed by atoms with Crippen LogP contribution in [0.25, 0.3) is 0 Å². The van der Waals surface area contributed by atoms with Gasteiger partial charge < -0.3 is 10.1 Å². The van der Waals surface area contributed by atoms with Crippen LogP contribution in [0.1, 0.15) is 32.6 Å². The second-order valence-electron chi connectivity index (χ2n) is 4.76. The lowest BCUT2D eigenvalue weighted by molar-refractivity contribution is 0.414. The average molecular weight is 298 g/mol. The van der Waals surface area contributed by atoms with E-state index in [0.29, 0.717) is 6.04 Å². The van der Waals surface area contributed by atoms with Crippen LogP contribution in [0.3, 0.4) is 0 Å². The minimum Gasteiger partial charge on any atom is -0.497 e. The molecule has 1 fully saturated rings. The van der Waals surface area contributed by atoms with Gasteiger partial charge in [-0.1, -0.05) is 29.3 Å². The van der Waals surface area contributed by atoms with Gasteiger partial charge in [-0.25, -0.2) is 0 Å². The molecular formula is C14H20BrNO. The highest BCUT2D eigenvalue weighted by molar-refractivity contribution is 9.10. The van der Waals surface area contributed by atoms with Crippen molar-refractivity contribution in [2.24, 2.45) is 5.92 Å². The van der Waals surface area contributed by atoms with Crippen molar-refractivity contribution in [3.05, 3.63) is 22.7 Å². The summed E-state index contributed by atoms with van der Waals surface area (Å²) < 4.78 is 6.34. The maximum atomic E-state index is 5.28. The van der Waals surface area contributed by atoms with Crippen molar-refractivity contribution in [1.29, 1.82) is 0 Å². The van der Waals surface area contributed by atoms with E-state index in [1.54, 1.807) is 7.11 Å². The molecule has 0 bridgehead atoms. The minimum absolute atomic E-state index is 0.624. The van der Waals surface area contributed by atoms with Gasteiger partial charge in [0.1, 0.15) is 5.75 Å². The molecule has 1 aliphatic rings. The molecule has 17 heavy (non-hydrogen) atoms. The van der Waals surface area contributed by atoms with E-state index >= 15 is 0 Å². The molecule has 1 aromatic rings. The number of rotatable bonds is 6. The Morgan fingerprint density at radius 3 is 2.76 bits per heavy atom. The van der Waals surface area contributed by atoms with Gasteiger partial charge in [-0.2, -0.15) is 0 Å². The van der Waals surface area contributed by atoms with Gasteiger partial charge in [0.25, 0.3) is 0 Å². The number of anilines is 1. The van der Waals surface area contributed by atoms with Gasteiger partial charge in [0.15, 0.2) is 0 Å². The molecule has 3 heteroatoms. The molecule has 0 radical (unpaired) electrons. The average Bonchev–Trinajstić information content (AvgIpc) is 3.11. The van der Waals surface area contributed by atoms with E-state index in [1.165, 1.54) is 25.7 Å². The summed E-state index contributed by atoms with van der Waals surface area (Å²) in [4.78, 5) is 0. The summed E-state index contributed by atoms with van der Waals surface area (Å²) in [5.41, 5.74) is 1.15. The zero-order valence-electron chi connectivity index (χ0n) is 10.5. The highest BCUT2D eigenvalue weighted by Crippen LogP contribution is 2.37. The number of nitrogens with one attached hydrogen (secondary N) is 1. The van der Waals surface area contributed by atoms with E-state index in [1.807, 2.05) is 6.07 Å². The van der Waals surface area contributed by atoms with Gasteiger partial charge in [0.2, 0.25) is 0 Å². The SMILES string of the molecule is CCCC(Nc1cc(Br)cc(OC)c1)C1CC1. The normalized spacial score (nSPS) is 16.6. The first kappa shape index (κ1) is 12.7. The molecule has 0 amide bonds. The van der Waals surface area contributed by atoms with E-state index < -0.39 is 0 Å². The highest BCUT2D eigenvalue weighted by atomic mass is 79.9. The van der Waals surface area contributed by atoms with Crippen molar-refractivity contribution >= 4 is 21.6 Å². The number of halogens is 1. The quantitative estimate of drug-likeness (QED) is 0.838. The van der Waals surface area contributed by atoms with Crippen LogP contribution >= 0.6 is 15.9 Å². The van der Waals surface area contributed by atoms with Crippen LogP contribution in [0.5, 0.6) is 5.75 Å². The topological polar surface area (TPSA) is 21.3 Å². The molecule has 1 saturated carbocycles. The van der Waals surface area contributed by atoms with Crippen molar-refractivity contribution in [3.8, 4) is 5.75 Å². The van der Waals surface area contributed by atoms with E-state index in [2.05, 4.69) is 40.3 Å². The first-order valence-corrected chi connectivity index (χ1v) is 7.13. The largest absolute Gasteiger partial charge is 0.497 e. The molecule has 1 aliphatic carbocycles. The fourth-order valence-corrected chi connectivity index (χ4v) is 2.69. The molecule has 0 heterocycles. The molecule has 0 spiro atoms. The fourth-order valence-electron chi connectivity index (χ4n) is 2.21.